The van der Waals surface area contributed by atoms with Gasteiger partial charge in [0, 0.05) is 18.7 Å². The smallest absolute Gasteiger partial charge is 0.410 e. The van der Waals surface area contributed by atoms with E-state index in [-0.39, 0.29) is 17.8 Å². The van der Waals surface area contributed by atoms with Gasteiger partial charge >= 0.3 is 6.09 Å². The molecule has 1 amide bonds. The lowest BCUT2D eigenvalue weighted by Crippen LogP contribution is -2.41. The third-order valence-corrected chi connectivity index (χ3v) is 3.60. The summed E-state index contributed by atoms with van der Waals surface area (Å²) in [6.45, 7) is 6.61. The van der Waals surface area contributed by atoms with Gasteiger partial charge in [0.05, 0.1) is 0 Å². The number of hydrogen-bond donors (Lipinski definition) is 1. The van der Waals surface area contributed by atoms with Crippen LogP contribution in [0.2, 0.25) is 0 Å². The molecule has 4 nitrogen and oxygen atoms in total. The number of carbonyl (C=O) groups excluding carboxylic acids is 1. The van der Waals surface area contributed by atoms with Crippen LogP contribution in [0.3, 0.4) is 0 Å². The van der Waals surface area contributed by atoms with Crippen molar-refractivity contribution in [1.82, 2.24) is 4.90 Å². The number of aromatic hydroxyl groups is 1. The number of hydrogen-bond acceptors (Lipinski definition) is 3. The maximum Gasteiger partial charge on any atom is 0.410 e. The molecule has 1 heterocycles. The molecule has 21 heavy (non-hydrogen) atoms. The van der Waals surface area contributed by atoms with Crippen molar-refractivity contribution in [1.29, 1.82) is 0 Å². The number of phenols is 1. The van der Waals surface area contributed by atoms with E-state index < -0.39 is 11.4 Å². The number of halogens is 1. The molecular weight excluding hydrogens is 273 g/mol. The molecule has 0 aromatic heterocycles. The SMILES string of the molecule is CC(C)(C)OC(=O)N1CCC(c2cccc(F)c2O)CC1. The lowest BCUT2D eigenvalue weighted by molar-refractivity contribution is 0.0204. The van der Waals surface area contributed by atoms with Crippen molar-refractivity contribution in [2.75, 3.05) is 13.1 Å². The highest BCUT2D eigenvalue weighted by atomic mass is 19.1. The van der Waals surface area contributed by atoms with Gasteiger partial charge in [0.25, 0.3) is 0 Å². The first-order valence-corrected chi connectivity index (χ1v) is 7.23. The molecule has 1 N–H and O–H groups in total. The summed E-state index contributed by atoms with van der Waals surface area (Å²) in [6, 6.07) is 4.59. The number of para-hydroxylation sites is 1. The van der Waals surface area contributed by atoms with E-state index in [1.165, 1.54) is 6.07 Å². The van der Waals surface area contributed by atoms with E-state index in [1.54, 1.807) is 17.0 Å². The molecule has 1 aromatic carbocycles. The van der Waals surface area contributed by atoms with Gasteiger partial charge in [-0.05, 0) is 45.6 Å². The molecule has 1 aliphatic heterocycles. The number of piperidine rings is 1. The highest BCUT2D eigenvalue weighted by molar-refractivity contribution is 5.68. The molecule has 116 valence electrons. The fourth-order valence-corrected chi connectivity index (χ4v) is 2.56. The van der Waals surface area contributed by atoms with Gasteiger partial charge in [0.2, 0.25) is 0 Å². The number of likely N-dealkylation sites (tertiary alicyclic amines) is 1. The molecule has 0 spiro atoms. The van der Waals surface area contributed by atoms with Crippen LogP contribution in [-0.4, -0.2) is 34.8 Å². The number of benzene rings is 1. The quantitative estimate of drug-likeness (QED) is 0.860. The minimum atomic E-state index is -0.595. The van der Waals surface area contributed by atoms with Crippen LogP contribution in [0, 0.1) is 5.82 Å². The number of nitrogens with zero attached hydrogens (tertiary/aromatic N) is 1. The van der Waals surface area contributed by atoms with E-state index in [4.69, 9.17) is 4.74 Å². The van der Waals surface area contributed by atoms with Crippen molar-refractivity contribution in [2.45, 2.75) is 45.1 Å². The average molecular weight is 295 g/mol. The highest BCUT2D eigenvalue weighted by Crippen LogP contribution is 2.35. The van der Waals surface area contributed by atoms with Crippen LogP contribution in [0.1, 0.15) is 45.1 Å². The van der Waals surface area contributed by atoms with Gasteiger partial charge in [-0.3, -0.25) is 0 Å². The predicted molar refractivity (Wildman–Crippen MR) is 77.8 cm³/mol. The van der Waals surface area contributed by atoms with E-state index in [0.717, 1.165) is 0 Å². The second-order valence-corrected chi connectivity index (χ2v) is 6.42. The van der Waals surface area contributed by atoms with Crippen LogP contribution in [0.15, 0.2) is 18.2 Å². The molecule has 5 heteroatoms. The first-order chi connectivity index (χ1) is 9.78. The summed E-state index contributed by atoms with van der Waals surface area (Å²) in [5.41, 5.74) is 0.119. The van der Waals surface area contributed by atoms with Crippen molar-refractivity contribution < 1.29 is 19.0 Å². The summed E-state index contributed by atoms with van der Waals surface area (Å²) in [7, 11) is 0. The van der Waals surface area contributed by atoms with Gasteiger partial charge in [0.15, 0.2) is 11.6 Å². The molecule has 0 aliphatic carbocycles. The Morgan fingerprint density at radius 2 is 1.95 bits per heavy atom. The first-order valence-electron chi connectivity index (χ1n) is 7.23. The monoisotopic (exact) mass is 295 g/mol. The van der Waals surface area contributed by atoms with Crippen molar-refractivity contribution in [3.05, 3.63) is 29.6 Å². The Balaban J connectivity index is 1.97. The number of amides is 1. The van der Waals surface area contributed by atoms with Gasteiger partial charge in [-0.15, -0.1) is 0 Å². The Labute approximate surface area is 124 Å². The molecule has 0 atom stereocenters. The normalized spacial score (nSPS) is 16.9. The molecule has 1 aliphatic rings. The molecule has 1 aromatic rings. The Morgan fingerprint density at radius 3 is 2.52 bits per heavy atom. The Hall–Kier alpha value is -1.78. The maximum atomic E-state index is 13.4. The van der Waals surface area contributed by atoms with E-state index >= 15 is 0 Å². The third kappa shape index (κ3) is 3.86. The second-order valence-electron chi connectivity index (χ2n) is 6.42. The summed E-state index contributed by atoms with van der Waals surface area (Å²) in [6.07, 6.45) is 1.07. The van der Waals surface area contributed by atoms with Gasteiger partial charge in [-0.25, -0.2) is 9.18 Å². The first kappa shape index (κ1) is 15.6. The van der Waals surface area contributed by atoms with Gasteiger partial charge in [0.1, 0.15) is 5.60 Å². The Bertz CT molecular complexity index is 517. The Kier molecular flexibility index (Phi) is 4.40. The van der Waals surface area contributed by atoms with Gasteiger partial charge in [-0.2, -0.15) is 0 Å². The molecule has 1 saturated heterocycles. The minimum absolute atomic E-state index is 0.0689. The number of rotatable bonds is 1. The molecule has 1 fully saturated rings. The highest BCUT2D eigenvalue weighted by Gasteiger charge is 2.28. The Morgan fingerprint density at radius 1 is 1.33 bits per heavy atom. The number of carbonyl (C=O) groups is 1. The fraction of sp³-hybridized carbons (Fsp3) is 0.562. The zero-order valence-electron chi connectivity index (χ0n) is 12.7. The van der Waals surface area contributed by atoms with Crippen LogP contribution >= 0.6 is 0 Å². The molecule has 0 unspecified atom stereocenters. The van der Waals surface area contributed by atoms with Gasteiger partial charge < -0.3 is 14.7 Å². The molecule has 0 bridgehead atoms. The molecule has 0 saturated carbocycles. The summed E-state index contributed by atoms with van der Waals surface area (Å²) in [5.74, 6) is -0.797. The van der Waals surface area contributed by atoms with Crippen molar-refractivity contribution in [3.8, 4) is 5.75 Å². The summed E-state index contributed by atoms with van der Waals surface area (Å²) in [4.78, 5) is 13.6. The van der Waals surface area contributed by atoms with Gasteiger partial charge in [-0.1, -0.05) is 12.1 Å². The van der Waals surface area contributed by atoms with Crippen LogP contribution < -0.4 is 0 Å². The zero-order valence-corrected chi connectivity index (χ0v) is 12.7. The topological polar surface area (TPSA) is 49.8 Å². The van der Waals surface area contributed by atoms with Crippen LogP contribution in [0.4, 0.5) is 9.18 Å². The average Bonchev–Trinajstić information content (AvgIpc) is 2.40. The minimum Gasteiger partial charge on any atom is -0.505 e. The van der Waals surface area contributed by atoms with E-state index in [1.807, 2.05) is 20.8 Å². The molecular formula is C16H22FNO3. The van der Waals surface area contributed by atoms with E-state index in [9.17, 15) is 14.3 Å². The summed E-state index contributed by atoms with van der Waals surface area (Å²) >= 11 is 0. The van der Waals surface area contributed by atoms with Crippen LogP contribution in [0.25, 0.3) is 0 Å². The zero-order chi connectivity index (χ0) is 15.6. The standard InChI is InChI=1S/C16H22FNO3/c1-16(2,3)21-15(20)18-9-7-11(8-10-18)12-5-4-6-13(17)14(12)19/h4-6,11,19H,7-10H2,1-3H3. The number of phenolic OH excluding ortho intramolecular Hbond substituents is 1. The molecule has 2 rings (SSSR count). The lowest BCUT2D eigenvalue weighted by atomic mass is 9.89. The fourth-order valence-electron chi connectivity index (χ4n) is 2.56. The number of ether oxygens (including phenoxy) is 1. The molecule has 0 radical (unpaired) electrons. The van der Waals surface area contributed by atoms with Crippen molar-refractivity contribution in [3.63, 3.8) is 0 Å². The van der Waals surface area contributed by atoms with Crippen LogP contribution in [-0.2, 0) is 4.74 Å². The third-order valence-electron chi connectivity index (χ3n) is 3.60. The van der Waals surface area contributed by atoms with E-state index in [2.05, 4.69) is 0 Å². The maximum absolute atomic E-state index is 13.4. The van der Waals surface area contributed by atoms with E-state index in [0.29, 0.717) is 31.5 Å². The van der Waals surface area contributed by atoms with Crippen molar-refractivity contribution >= 4 is 6.09 Å². The largest absolute Gasteiger partial charge is 0.505 e. The second kappa shape index (κ2) is 5.92. The van der Waals surface area contributed by atoms with Crippen molar-refractivity contribution in [2.24, 2.45) is 0 Å². The van der Waals surface area contributed by atoms with Crippen LogP contribution in [0.5, 0.6) is 5.75 Å². The summed E-state index contributed by atoms with van der Waals surface area (Å²) < 4.78 is 18.7. The summed E-state index contributed by atoms with van der Waals surface area (Å²) in [5, 5.41) is 9.80. The predicted octanol–water partition coefficient (Wildman–Crippen LogP) is 3.65. The lowest BCUT2D eigenvalue weighted by Gasteiger charge is -2.33.